The van der Waals surface area contributed by atoms with Crippen LogP contribution in [0.5, 0.6) is 11.5 Å². The Kier molecular flexibility index (Phi) is 4.79. The van der Waals surface area contributed by atoms with Crippen molar-refractivity contribution < 1.29 is 9.84 Å². The number of rotatable bonds is 6. The molecule has 0 radical (unpaired) electrons. The number of benzene rings is 1. The van der Waals surface area contributed by atoms with Crippen molar-refractivity contribution in [2.45, 2.75) is 90.1 Å². The van der Waals surface area contributed by atoms with E-state index in [1.54, 1.807) is 0 Å². The van der Waals surface area contributed by atoms with Gasteiger partial charge in [0.05, 0.1) is 0 Å². The van der Waals surface area contributed by atoms with Crippen LogP contribution in [0.4, 0.5) is 0 Å². The van der Waals surface area contributed by atoms with Crippen molar-refractivity contribution in [2.24, 2.45) is 11.8 Å². The van der Waals surface area contributed by atoms with Gasteiger partial charge in [0.2, 0.25) is 0 Å². The number of phenols is 1. The van der Waals surface area contributed by atoms with Gasteiger partial charge in [0, 0.05) is 17.4 Å². The standard InChI is InChI=1S/C24H34O2/c1-16-9-12-20-19(13-16)23-21(25)14-18(15-22(23)26-24(20,2)3)8-6-4-5-7-17-10-11-17/h9,14-15,17,19-20,25H,4-8,10-13H2,1-3H3/t19-,20-/m1/s1. The van der Waals surface area contributed by atoms with E-state index >= 15 is 0 Å². The highest BCUT2D eigenvalue weighted by Crippen LogP contribution is 2.54. The van der Waals surface area contributed by atoms with Gasteiger partial charge in [-0.15, -0.1) is 0 Å². The fourth-order valence-corrected chi connectivity index (χ4v) is 5.11. The molecule has 0 unspecified atom stereocenters. The van der Waals surface area contributed by atoms with E-state index in [4.69, 9.17) is 4.74 Å². The quantitative estimate of drug-likeness (QED) is 0.466. The Bertz CT molecular complexity index is 696. The lowest BCUT2D eigenvalue weighted by molar-refractivity contribution is 0.00753. The molecule has 2 atom stereocenters. The van der Waals surface area contributed by atoms with Crippen LogP contribution >= 0.6 is 0 Å². The molecular formula is C24H34O2. The second kappa shape index (κ2) is 6.94. The van der Waals surface area contributed by atoms with Gasteiger partial charge in [-0.2, -0.15) is 0 Å². The van der Waals surface area contributed by atoms with Crippen molar-refractivity contribution in [3.05, 3.63) is 34.9 Å². The first-order valence-electron chi connectivity index (χ1n) is 10.6. The van der Waals surface area contributed by atoms with Crippen LogP contribution in [0.15, 0.2) is 23.8 Å². The number of aromatic hydroxyl groups is 1. The number of fused-ring (bicyclic) bond motifs is 3. The maximum absolute atomic E-state index is 10.8. The van der Waals surface area contributed by atoms with E-state index in [2.05, 4.69) is 32.9 Å². The van der Waals surface area contributed by atoms with Gasteiger partial charge in [0.1, 0.15) is 17.1 Å². The molecule has 1 aliphatic heterocycles. The summed E-state index contributed by atoms with van der Waals surface area (Å²) >= 11 is 0. The first-order chi connectivity index (χ1) is 12.4. The summed E-state index contributed by atoms with van der Waals surface area (Å²) in [4.78, 5) is 0. The third kappa shape index (κ3) is 3.66. The lowest BCUT2D eigenvalue weighted by Gasteiger charge is -2.47. The minimum atomic E-state index is -0.176. The largest absolute Gasteiger partial charge is 0.508 e. The monoisotopic (exact) mass is 354 g/mol. The van der Waals surface area contributed by atoms with Crippen LogP contribution < -0.4 is 4.74 Å². The number of phenolic OH excluding ortho intramolecular Hbond substituents is 1. The summed E-state index contributed by atoms with van der Waals surface area (Å²) in [6, 6.07) is 4.22. The summed E-state index contributed by atoms with van der Waals surface area (Å²) < 4.78 is 6.42. The van der Waals surface area contributed by atoms with E-state index < -0.39 is 0 Å². The van der Waals surface area contributed by atoms with Crippen molar-refractivity contribution in [2.75, 3.05) is 0 Å². The van der Waals surface area contributed by atoms with Crippen LogP contribution in [0.3, 0.4) is 0 Å². The molecule has 2 heteroatoms. The Morgan fingerprint density at radius 2 is 1.96 bits per heavy atom. The summed E-state index contributed by atoms with van der Waals surface area (Å²) in [5.41, 5.74) is 3.54. The first-order valence-corrected chi connectivity index (χ1v) is 10.6. The highest BCUT2D eigenvalue weighted by atomic mass is 16.5. The minimum absolute atomic E-state index is 0.176. The average Bonchev–Trinajstić information content (AvgIpc) is 3.37. The molecule has 1 saturated carbocycles. The molecule has 0 bridgehead atoms. The van der Waals surface area contributed by atoms with E-state index in [1.165, 1.54) is 49.7 Å². The molecule has 1 heterocycles. The second-order valence-corrected chi connectivity index (χ2v) is 9.48. The highest BCUT2D eigenvalue weighted by molar-refractivity contribution is 5.52. The lowest BCUT2D eigenvalue weighted by atomic mass is 9.67. The molecule has 1 N–H and O–H groups in total. The molecule has 2 nitrogen and oxygen atoms in total. The summed E-state index contributed by atoms with van der Waals surface area (Å²) in [6.45, 7) is 6.64. The van der Waals surface area contributed by atoms with Gasteiger partial charge in [0.15, 0.2) is 0 Å². The van der Waals surface area contributed by atoms with Gasteiger partial charge in [-0.05, 0) is 70.1 Å². The Morgan fingerprint density at radius 3 is 2.73 bits per heavy atom. The van der Waals surface area contributed by atoms with E-state index in [0.29, 0.717) is 17.6 Å². The van der Waals surface area contributed by atoms with Crippen molar-refractivity contribution in [3.8, 4) is 11.5 Å². The fourth-order valence-electron chi connectivity index (χ4n) is 5.11. The summed E-state index contributed by atoms with van der Waals surface area (Å²) in [5.74, 6) is 3.25. The van der Waals surface area contributed by atoms with E-state index in [-0.39, 0.29) is 5.60 Å². The zero-order valence-corrected chi connectivity index (χ0v) is 16.7. The number of unbranched alkanes of at least 4 members (excludes halogenated alkanes) is 2. The first kappa shape index (κ1) is 17.9. The van der Waals surface area contributed by atoms with Crippen molar-refractivity contribution >= 4 is 0 Å². The van der Waals surface area contributed by atoms with E-state index in [9.17, 15) is 5.11 Å². The van der Waals surface area contributed by atoms with Gasteiger partial charge >= 0.3 is 0 Å². The second-order valence-electron chi connectivity index (χ2n) is 9.48. The van der Waals surface area contributed by atoms with E-state index in [1.807, 2.05) is 6.07 Å². The Hall–Kier alpha value is -1.44. The lowest BCUT2D eigenvalue weighted by Crippen LogP contribution is -2.45. The van der Waals surface area contributed by atoms with Gasteiger partial charge in [-0.25, -0.2) is 0 Å². The molecule has 3 aliphatic rings. The average molecular weight is 355 g/mol. The van der Waals surface area contributed by atoms with E-state index in [0.717, 1.165) is 36.5 Å². The van der Waals surface area contributed by atoms with Crippen molar-refractivity contribution in [1.82, 2.24) is 0 Å². The zero-order chi connectivity index (χ0) is 18.3. The molecule has 0 aromatic heterocycles. The number of hydrogen-bond acceptors (Lipinski definition) is 2. The molecule has 1 fully saturated rings. The number of ether oxygens (including phenoxy) is 1. The smallest absolute Gasteiger partial charge is 0.127 e. The molecule has 0 saturated heterocycles. The zero-order valence-electron chi connectivity index (χ0n) is 16.7. The molecule has 4 rings (SSSR count). The van der Waals surface area contributed by atoms with Gasteiger partial charge in [0.25, 0.3) is 0 Å². The van der Waals surface area contributed by atoms with Crippen molar-refractivity contribution in [3.63, 3.8) is 0 Å². The van der Waals surface area contributed by atoms with Gasteiger partial charge in [-0.1, -0.05) is 43.8 Å². The summed E-state index contributed by atoms with van der Waals surface area (Å²) in [7, 11) is 0. The Labute approximate surface area is 158 Å². The topological polar surface area (TPSA) is 29.5 Å². The summed E-state index contributed by atoms with van der Waals surface area (Å²) in [6.07, 6.45) is 13.7. The normalized spacial score (nSPS) is 26.5. The molecule has 26 heavy (non-hydrogen) atoms. The minimum Gasteiger partial charge on any atom is -0.508 e. The van der Waals surface area contributed by atoms with Gasteiger partial charge < -0.3 is 9.84 Å². The molecule has 142 valence electrons. The molecule has 0 spiro atoms. The number of allylic oxidation sites excluding steroid dienone is 2. The molecule has 1 aromatic carbocycles. The van der Waals surface area contributed by atoms with Gasteiger partial charge in [-0.3, -0.25) is 0 Å². The number of aryl methyl sites for hydroxylation is 1. The van der Waals surface area contributed by atoms with Crippen LogP contribution in [-0.2, 0) is 6.42 Å². The molecular weight excluding hydrogens is 320 g/mol. The summed E-state index contributed by atoms with van der Waals surface area (Å²) in [5, 5.41) is 10.8. The molecule has 0 amide bonds. The SMILES string of the molecule is CC1=CC[C@@H]2[C@@H](C1)c1c(O)cc(CCCCCC3CC3)cc1OC2(C)C. The molecule has 1 aromatic rings. The fraction of sp³-hybridized carbons (Fsp3) is 0.667. The Balaban J connectivity index is 1.49. The van der Waals surface area contributed by atoms with Crippen molar-refractivity contribution in [1.29, 1.82) is 0 Å². The third-order valence-electron chi connectivity index (χ3n) is 6.84. The molecule has 2 aliphatic carbocycles. The highest BCUT2D eigenvalue weighted by Gasteiger charge is 2.45. The third-order valence-corrected chi connectivity index (χ3v) is 6.84. The van der Waals surface area contributed by atoms with Crippen LogP contribution in [0.1, 0.15) is 89.2 Å². The predicted octanol–water partition coefficient (Wildman–Crippen LogP) is 6.52. The van der Waals surface area contributed by atoms with Crippen LogP contribution in [0, 0.1) is 11.8 Å². The maximum Gasteiger partial charge on any atom is 0.127 e. The van der Waals surface area contributed by atoms with Crippen LogP contribution in [-0.4, -0.2) is 10.7 Å². The van der Waals surface area contributed by atoms with Crippen LogP contribution in [0.25, 0.3) is 0 Å². The maximum atomic E-state index is 10.8. The number of hydrogen-bond donors (Lipinski definition) is 1. The van der Waals surface area contributed by atoms with Crippen LogP contribution in [0.2, 0.25) is 0 Å². The predicted molar refractivity (Wildman–Crippen MR) is 107 cm³/mol. The Morgan fingerprint density at radius 1 is 1.15 bits per heavy atom.